The largest absolute Gasteiger partial charge is 0.481 e. The molecule has 0 bridgehead atoms. The normalized spacial score (nSPS) is 20.1. The summed E-state index contributed by atoms with van der Waals surface area (Å²) in [5.74, 6) is -0.333. The third-order valence-corrected chi connectivity index (χ3v) is 4.25. The predicted octanol–water partition coefficient (Wildman–Crippen LogP) is 3.06. The second-order valence-corrected chi connectivity index (χ2v) is 6.39. The molecule has 1 amide bonds. The Morgan fingerprint density at radius 1 is 1.16 bits per heavy atom. The molecule has 2 aromatic rings. The number of aliphatic carboxylic acids is 1. The molecule has 0 aliphatic carbocycles. The number of piperidine rings is 1. The average molecular weight is 340 g/mol. The first kappa shape index (κ1) is 17.0. The zero-order chi connectivity index (χ0) is 17.8. The molecule has 6 heteroatoms. The fraction of sp³-hybridized carbons (Fsp3) is 0.316. The fourth-order valence-corrected chi connectivity index (χ4v) is 3.06. The number of ether oxygens (including phenoxy) is 1. The molecule has 2 heterocycles. The molecule has 1 fully saturated rings. The molecule has 1 aliphatic heterocycles. The van der Waals surface area contributed by atoms with Gasteiger partial charge in [-0.05, 0) is 30.5 Å². The second kappa shape index (κ2) is 7.34. The van der Waals surface area contributed by atoms with Crippen LogP contribution in [-0.2, 0) is 4.79 Å². The van der Waals surface area contributed by atoms with Crippen molar-refractivity contribution in [1.82, 2.24) is 9.88 Å². The number of nitrogens with zero attached hydrogens (tertiary/aromatic N) is 2. The number of aromatic nitrogens is 1. The van der Waals surface area contributed by atoms with Crippen molar-refractivity contribution < 1.29 is 19.4 Å². The SMILES string of the molecule is CC1CC(C(=O)O)CN(C(=O)c2ccc(Oc3ccccc3)nc2)C1. The van der Waals surface area contributed by atoms with Crippen LogP contribution in [0.1, 0.15) is 23.7 Å². The van der Waals surface area contributed by atoms with Crippen LogP contribution in [-0.4, -0.2) is 40.0 Å². The lowest BCUT2D eigenvalue weighted by molar-refractivity contribution is -0.143. The Morgan fingerprint density at radius 3 is 2.56 bits per heavy atom. The van der Waals surface area contributed by atoms with Gasteiger partial charge in [0.1, 0.15) is 5.75 Å². The monoisotopic (exact) mass is 340 g/mol. The van der Waals surface area contributed by atoms with Gasteiger partial charge in [-0.1, -0.05) is 25.1 Å². The number of pyridine rings is 1. The van der Waals surface area contributed by atoms with E-state index in [1.165, 1.54) is 6.20 Å². The molecule has 0 spiro atoms. The molecule has 3 rings (SSSR count). The van der Waals surface area contributed by atoms with E-state index in [0.29, 0.717) is 30.2 Å². The van der Waals surface area contributed by atoms with Crippen molar-refractivity contribution in [1.29, 1.82) is 0 Å². The summed E-state index contributed by atoms with van der Waals surface area (Å²) in [6.07, 6.45) is 2.07. The maximum atomic E-state index is 12.6. The Balaban J connectivity index is 1.69. The lowest BCUT2D eigenvalue weighted by atomic mass is 9.90. The standard InChI is InChI=1S/C19H20N2O4/c1-13-9-15(19(23)24)12-21(11-13)18(22)14-7-8-17(20-10-14)25-16-5-3-2-4-6-16/h2-8,10,13,15H,9,11-12H2,1H3,(H,23,24). The van der Waals surface area contributed by atoms with Gasteiger partial charge in [-0.3, -0.25) is 9.59 Å². The molecule has 1 aliphatic rings. The topological polar surface area (TPSA) is 79.7 Å². The van der Waals surface area contributed by atoms with E-state index in [2.05, 4.69) is 4.98 Å². The van der Waals surface area contributed by atoms with Gasteiger partial charge in [0.25, 0.3) is 5.91 Å². The lowest BCUT2D eigenvalue weighted by Crippen LogP contribution is -2.45. The smallest absolute Gasteiger partial charge is 0.308 e. The van der Waals surface area contributed by atoms with Gasteiger partial charge in [0.05, 0.1) is 11.5 Å². The number of hydrogen-bond acceptors (Lipinski definition) is 4. The Morgan fingerprint density at radius 2 is 1.92 bits per heavy atom. The van der Waals surface area contributed by atoms with Crippen LogP contribution < -0.4 is 4.74 Å². The molecule has 2 unspecified atom stereocenters. The molecule has 6 nitrogen and oxygen atoms in total. The highest BCUT2D eigenvalue weighted by atomic mass is 16.5. The maximum absolute atomic E-state index is 12.6. The number of para-hydroxylation sites is 1. The Labute approximate surface area is 146 Å². The number of hydrogen-bond donors (Lipinski definition) is 1. The van der Waals surface area contributed by atoms with Gasteiger partial charge < -0.3 is 14.7 Å². The number of likely N-dealkylation sites (tertiary alicyclic amines) is 1. The average Bonchev–Trinajstić information content (AvgIpc) is 2.62. The molecule has 130 valence electrons. The highest BCUT2D eigenvalue weighted by molar-refractivity contribution is 5.94. The van der Waals surface area contributed by atoms with Gasteiger partial charge >= 0.3 is 5.97 Å². The van der Waals surface area contributed by atoms with Gasteiger partial charge in [-0.15, -0.1) is 0 Å². The summed E-state index contributed by atoms with van der Waals surface area (Å²) in [4.78, 5) is 29.7. The van der Waals surface area contributed by atoms with Crippen LogP contribution >= 0.6 is 0 Å². The van der Waals surface area contributed by atoms with Gasteiger partial charge in [-0.25, -0.2) is 4.98 Å². The summed E-state index contributed by atoms with van der Waals surface area (Å²) in [5, 5.41) is 9.24. The quantitative estimate of drug-likeness (QED) is 0.925. The number of carbonyl (C=O) groups is 2. The molecular weight excluding hydrogens is 320 g/mol. The van der Waals surface area contributed by atoms with Crippen molar-refractivity contribution in [3.05, 3.63) is 54.2 Å². The van der Waals surface area contributed by atoms with Crippen molar-refractivity contribution in [2.75, 3.05) is 13.1 Å². The van der Waals surface area contributed by atoms with Gasteiger partial charge in [-0.2, -0.15) is 0 Å². The van der Waals surface area contributed by atoms with Crippen LogP contribution in [0.15, 0.2) is 48.7 Å². The molecule has 1 saturated heterocycles. The van der Waals surface area contributed by atoms with E-state index in [4.69, 9.17) is 4.74 Å². The van der Waals surface area contributed by atoms with Crippen LogP contribution in [0.2, 0.25) is 0 Å². The van der Waals surface area contributed by atoms with E-state index in [-0.39, 0.29) is 18.4 Å². The second-order valence-electron chi connectivity index (χ2n) is 6.39. The van der Waals surface area contributed by atoms with Crippen LogP contribution in [0.3, 0.4) is 0 Å². The summed E-state index contributed by atoms with van der Waals surface area (Å²) in [7, 11) is 0. The first-order valence-electron chi connectivity index (χ1n) is 8.24. The van der Waals surface area contributed by atoms with Crippen LogP contribution in [0.4, 0.5) is 0 Å². The number of carbonyl (C=O) groups excluding carboxylic acids is 1. The maximum Gasteiger partial charge on any atom is 0.308 e. The Kier molecular flexibility index (Phi) is 4.97. The van der Waals surface area contributed by atoms with Crippen molar-refractivity contribution >= 4 is 11.9 Å². The highest BCUT2D eigenvalue weighted by Gasteiger charge is 2.32. The third-order valence-electron chi connectivity index (χ3n) is 4.25. The van der Waals surface area contributed by atoms with Crippen molar-refractivity contribution in [3.8, 4) is 11.6 Å². The van der Waals surface area contributed by atoms with Gasteiger partial charge in [0.2, 0.25) is 5.88 Å². The number of rotatable bonds is 4. The first-order chi connectivity index (χ1) is 12.0. The molecule has 1 N–H and O–H groups in total. The van der Waals surface area contributed by atoms with Crippen LogP contribution in [0.5, 0.6) is 11.6 Å². The third kappa shape index (κ3) is 4.15. The molecule has 25 heavy (non-hydrogen) atoms. The molecule has 2 atom stereocenters. The minimum absolute atomic E-state index is 0.160. The van der Waals surface area contributed by atoms with Crippen molar-refractivity contribution in [3.63, 3.8) is 0 Å². The van der Waals surface area contributed by atoms with E-state index in [0.717, 1.165) is 0 Å². The van der Waals surface area contributed by atoms with Gasteiger partial charge in [0, 0.05) is 25.4 Å². The lowest BCUT2D eigenvalue weighted by Gasteiger charge is -2.34. The number of carboxylic acid groups (broad SMARTS) is 1. The molecule has 0 radical (unpaired) electrons. The predicted molar refractivity (Wildman–Crippen MR) is 91.6 cm³/mol. The van der Waals surface area contributed by atoms with E-state index < -0.39 is 11.9 Å². The summed E-state index contributed by atoms with van der Waals surface area (Å²) in [6, 6.07) is 12.6. The number of benzene rings is 1. The highest BCUT2D eigenvalue weighted by Crippen LogP contribution is 2.24. The van der Waals surface area contributed by atoms with Crippen molar-refractivity contribution in [2.45, 2.75) is 13.3 Å². The summed E-state index contributed by atoms with van der Waals surface area (Å²) in [6.45, 7) is 2.76. The molecular formula is C19H20N2O4. The number of amides is 1. The minimum Gasteiger partial charge on any atom is -0.481 e. The number of carboxylic acids is 1. The molecule has 0 saturated carbocycles. The summed E-state index contributed by atoms with van der Waals surface area (Å²) < 4.78 is 5.61. The van der Waals surface area contributed by atoms with E-state index in [1.54, 1.807) is 17.0 Å². The molecule has 1 aromatic carbocycles. The van der Waals surface area contributed by atoms with Crippen LogP contribution in [0.25, 0.3) is 0 Å². The van der Waals surface area contributed by atoms with E-state index >= 15 is 0 Å². The fourth-order valence-electron chi connectivity index (χ4n) is 3.06. The van der Waals surface area contributed by atoms with Crippen molar-refractivity contribution in [2.24, 2.45) is 11.8 Å². The minimum atomic E-state index is -0.853. The zero-order valence-electron chi connectivity index (χ0n) is 14.0. The van der Waals surface area contributed by atoms with E-state index in [9.17, 15) is 14.7 Å². The Bertz CT molecular complexity index is 746. The van der Waals surface area contributed by atoms with Gasteiger partial charge in [0.15, 0.2) is 0 Å². The zero-order valence-corrected chi connectivity index (χ0v) is 14.0. The molecule has 1 aromatic heterocycles. The van der Waals surface area contributed by atoms with E-state index in [1.807, 2.05) is 37.3 Å². The Hall–Kier alpha value is -2.89. The summed E-state index contributed by atoms with van der Waals surface area (Å²) in [5.41, 5.74) is 0.429. The first-order valence-corrected chi connectivity index (χ1v) is 8.24. The van der Waals surface area contributed by atoms with Crippen LogP contribution in [0, 0.1) is 11.8 Å². The summed E-state index contributed by atoms with van der Waals surface area (Å²) >= 11 is 0.